The van der Waals surface area contributed by atoms with Crippen molar-refractivity contribution in [3.63, 3.8) is 0 Å². The Kier molecular flexibility index (Phi) is 5.40. The van der Waals surface area contributed by atoms with Gasteiger partial charge in [-0.05, 0) is 42.7 Å². The molecular formula is C19H25NO. The van der Waals surface area contributed by atoms with Crippen LogP contribution in [0.5, 0.6) is 5.75 Å². The molecule has 0 spiro atoms. The summed E-state index contributed by atoms with van der Waals surface area (Å²) < 4.78 is 5.67. The highest BCUT2D eigenvalue weighted by Gasteiger charge is 2.01. The molecule has 0 radical (unpaired) electrons. The summed E-state index contributed by atoms with van der Waals surface area (Å²) in [7, 11) is 0. The van der Waals surface area contributed by atoms with Crippen LogP contribution in [-0.4, -0.2) is 12.1 Å². The van der Waals surface area contributed by atoms with E-state index in [-0.39, 0.29) is 6.10 Å². The zero-order valence-electron chi connectivity index (χ0n) is 13.4. The van der Waals surface area contributed by atoms with Gasteiger partial charge in [0.1, 0.15) is 5.75 Å². The minimum absolute atomic E-state index is 0.212. The maximum absolute atomic E-state index is 5.67. The van der Waals surface area contributed by atoms with Crippen molar-refractivity contribution in [2.75, 3.05) is 0 Å². The highest BCUT2D eigenvalue weighted by molar-refractivity contribution is 5.64. The van der Waals surface area contributed by atoms with Gasteiger partial charge >= 0.3 is 0 Å². The third-order valence-corrected chi connectivity index (χ3v) is 3.23. The molecule has 0 amide bonds. The third kappa shape index (κ3) is 4.91. The summed E-state index contributed by atoms with van der Waals surface area (Å²) in [5, 5.41) is 3.43. The third-order valence-electron chi connectivity index (χ3n) is 3.23. The van der Waals surface area contributed by atoms with E-state index in [9.17, 15) is 0 Å². The Balaban J connectivity index is 2.04. The summed E-state index contributed by atoms with van der Waals surface area (Å²) in [6, 6.07) is 17.5. The first-order chi connectivity index (χ1) is 10.0. The second kappa shape index (κ2) is 7.28. The quantitative estimate of drug-likeness (QED) is 0.834. The monoisotopic (exact) mass is 283 g/mol. The molecule has 2 aromatic carbocycles. The van der Waals surface area contributed by atoms with E-state index in [0.717, 1.165) is 12.3 Å². The van der Waals surface area contributed by atoms with E-state index < -0.39 is 0 Å². The van der Waals surface area contributed by atoms with E-state index in [1.165, 1.54) is 16.7 Å². The maximum Gasteiger partial charge on any atom is 0.119 e. The molecule has 0 heterocycles. The Labute approximate surface area is 128 Å². The first-order valence-corrected chi connectivity index (χ1v) is 7.64. The lowest BCUT2D eigenvalue weighted by Gasteiger charge is -2.11. The molecule has 0 unspecified atom stereocenters. The number of hydrogen-bond donors (Lipinski definition) is 1. The molecule has 0 saturated heterocycles. The van der Waals surface area contributed by atoms with E-state index in [1.807, 2.05) is 26.0 Å². The van der Waals surface area contributed by atoms with Gasteiger partial charge in [0.05, 0.1) is 6.10 Å². The molecule has 1 N–H and O–H groups in total. The number of benzene rings is 2. The molecule has 21 heavy (non-hydrogen) atoms. The first kappa shape index (κ1) is 15.6. The Hall–Kier alpha value is -1.80. The van der Waals surface area contributed by atoms with Crippen molar-refractivity contribution >= 4 is 0 Å². The summed E-state index contributed by atoms with van der Waals surface area (Å²) in [4.78, 5) is 0. The fourth-order valence-corrected chi connectivity index (χ4v) is 2.14. The highest BCUT2D eigenvalue weighted by Crippen LogP contribution is 2.23. The Bertz CT molecular complexity index is 541. The molecule has 0 atom stereocenters. The zero-order valence-corrected chi connectivity index (χ0v) is 13.4. The minimum atomic E-state index is 0.212. The molecule has 0 fully saturated rings. The van der Waals surface area contributed by atoms with Crippen molar-refractivity contribution in [3.05, 3.63) is 54.1 Å². The van der Waals surface area contributed by atoms with Crippen molar-refractivity contribution in [1.29, 1.82) is 0 Å². The average molecular weight is 283 g/mol. The Morgan fingerprint density at radius 1 is 0.810 bits per heavy atom. The molecule has 2 nitrogen and oxygen atoms in total. The van der Waals surface area contributed by atoms with Crippen LogP contribution in [0.2, 0.25) is 0 Å². The van der Waals surface area contributed by atoms with Crippen LogP contribution in [0.25, 0.3) is 11.1 Å². The lowest BCUT2D eigenvalue weighted by atomic mass is 10.0. The van der Waals surface area contributed by atoms with Crippen molar-refractivity contribution in [2.24, 2.45) is 0 Å². The van der Waals surface area contributed by atoms with Gasteiger partial charge in [-0.25, -0.2) is 0 Å². The maximum atomic E-state index is 5.67. The van der Waals surface area contributed by atoms with Crippen LogP contribution in [0.15, 0.2) is 48.5 Å². The highest BCUT2D eigenvalue weighted by atomic mass is 16.5. The number of hydrogen-bond acceptors (Lipinski definition) is 2. The van der Waals surface area contributed by atoms with E-state index in [4.69, 9.17) is 4.74 Å². The molecular weight excluding hydrogens is 258 g/mol. The summed E-state index contributed by atoms with van der Waals surface area (Å²) in [5.74, 6) is 0.923. The van der Waals surface area contributed by atoms with Crippen LogP contribution in [-0.2, 0) is 6.54 Å². The number of rotatable bonds is 6. The van der Waals surface area contributed by atoms with Gasteiger partial charge < -0.3 is 10.1 Å². The number of nitrogens with one attached hydrogen (secondary N) is 1. The fraction of sp³-hybridized carbons (Fsp3) is 0.368. The molecule has 0 aliphatic heterocycles. The largest absolute Gasteiger partial charge is 0.491 e. The molecule has 0 aliphatic carbocycles. The lowest BCUT2D eigenvalue weighted by molar-refractivity contribution is 0.242. The molecule has 0 saturated carbocycles. The van der Waals surface area contributed by atoms with Gasteiger partial charge in [0, 0.05) is 12.6 Å². The lowest BCUT2D eigenvalue weighted by Crippen LogP contribution is -2.21. The normalized spacial score (nSPS) is 11.1. The Morgan fingerprint density at radius 3 is 1.81 bits per heavy atom. The second-order valence-corrected chi connectivity index (χ2v) is 5.92. The predicted octanol–water partition coefficient (Wildman–Crippen LogP) is 4.64. The van der Waals surface area contributed by atoms with Crippen LogP contribution >= 0.6 is 0 Å². The smallest absolute Gasteiger partial charge is 0.119 e. The van der Waals surface area contributed by atoms with Crippen molar-refractivity contribution in [2.45, 2.75) is 46.4 Å². The minimum Gasteiger partial charge on any atom is -0.491 e. The van der Waals surface area contributed by atoms with E-state index in [0.29, 0.717) is 6.04 Å². The van der Waals surface area contributed by atoms with Gasteiger partial charge in [0.25, 0.3) is 0 Å². The molecule has 0 aromatic heterocycles. The average Bonchev–Trinajstić information content (AvgIpc) is 2.46. The van der Waals surface area contributed by atoms with Crippen molar-refractivity contribution in [1.82, 2.24) is 5.32 Å². The topological polar surface area (TPSA) is 21.3 Å². The molecule has 2 aromatic rings. The van der Waals surface area contributed by atoms with E-state index in [2.05, 4.69) is 55.6 Å². The van der Waals surface area contributed by atoms with E-state index in [1.54, 1.807) is 0 Å². The Morgan fingerprint density at radius 2 is 1.33 bits per heavy atom. The van der Waals surface area contributed by atoms with Crippen LogP contribution in [0.3, 0.4) is 0 Å². The van der Waals surface area contributed by atoms with Crippen molar-refractivity contribution in [3.8, 4) is 16.9 Å². The summed E-state index contributed by atoms with van der Waals surface area (Å²) in [6.07, 6.45) is 0.212. The predicted molar refractivity (Wildman–Crippen MR) is 89.6 cm³/mol. The molecule has 112 valence electrons. The van der Waals surface area contributed by atoms with Crippen LogP contribution in [0.4, 0.5) is 0 Å². The standard InChI is InChI=1S/C19H25NO/c1-14(2)20-13-16-5-7-17(8-6-16)18-9-11-19(12-10-18)21-15(3)4/h5-12,14-15,20H,13H2,1-4H3. The molecule has 0 bridgehead atoms. The van der Waals surface area contributed by atoms with Gasteiger partial charge in [-0.2, -0.15) is 0 Å². The molecule has 2 rings (SSSR count). The van der Waals surface area contributed by atoms with Gasteiger partial charge in [-0.15, -0.1) is 0 Å². The SMILES string of the molecule is CC(C)NCc1ccc(-c2ccc(OC(C)C)cc2)cc1. The molecule has 2 heteroatoms. The second-order valence-electron chi connectivity index (χ2n) is 5.92. The summed E-state index contributed by atoms with van der Waals surface area (Å²) >= 11 is 0. The fourth-order valence-electron chi connectivity index (χ4n) is 2.14. The van der Waals surface area contributed by atoms with Gasteiger partial charge in [0.2, 0.25) is 0 Å². The van der Waals surface area contributed by atoms with Gasteiger partial charge in [-0.1, -0.05) is 50.2 Å². The van der Waals surface area contributed by atoms with Crippen LogP contribution in [0.1, 0.15) is 33.3 Å². The van der Waals surface area contributed by atoms with Gasteiger partial charge in [-0.3, -0.25) is 0 Å². The van der Waals surface area contributed by atoms with E-state index >= 15 is 0 Å². The van der Waals surface area contributed by atoms with Crippen LogP contribution < -0.4 is 10.1 Å². The summed E-state index contributed by atoms with van der Waals surface area (Å²) in [5.41, 5.74) is 3.76. The summed E-state index contributed by atoms with van der Waals surface area (Å²) in [6.45, 7) is 9.32. The van der Waals surface area contributed by atoms with Crippen molar-refractivity contribution < 1.29 is 4.74 Å². The zero-order chi connectivity index (χ0) is 15.2. The molecule has 0 aliphatic rings. The van der Waals surface area contributed by atoms with Crippen LogP contribution in [0, 0.1) is 0 Å². The number of ether oxygens (including phenoxy) is 1. The first-order valence-electron chi connectivity index (χ1n) is 7.64. The van der Waals surface area contributed by atoms with Gasteiger partial charge in [0.15, 0.2) is 0 Å².